The molecule has 1 unspecified atom stereocenters. The van der Waals surface area contributed by atoms with Crippen molar-refractivity contribution in [2.45, 2.75) is 49.1 Å². The number of halogens is 2. The van der Waals surface area contributed by atoms with Crippen LogP contribution in [0.25, 0.3) is 0 Å². The number of nitrogens with one attached hydrogen (secondary N) is 1. The minimum atomic E-state index is -0.512. The van der Waals surface area contributed by atoms with Crippen molar-refractivity contribution in [2.75, 3.05) is 5.75 Å². The van der Waals surface area contributed by atoms with E-state index in [4.69, 9.17) is 0 Å². The lowest BCUT2D eigenvalue weighted by molar-refractivity contribution is 0.411. The van der Waals surface area contributed by atoms with Gasteiger partial charge < -0.3 is 0 Å². The Morgan fingerprint density at radius 1 is 1.45 bits per heavy atom. The van der Waals surface area contributed by atoms with Crippen LogP contribution in [0.15, 0.2) is 23.1 Å². The summed E-state index contributed by atoms with van der Waals surface area (Å²) in [6.07, 6.45) is 3.77. The SMILES string of the molecule is CC(C#N)(CCCSc1cc(F)ccc1F)NC1CC1. The van der Waals surface area contributed by atoms with E-state index in [2.05, 4.69) is 11.4 Å². The summed E-state index contributed by atoms with van der Waals surface area (Å²) < 4.78 is 26.4. The minimum absolute atomic E-state index is 0.332. The zero-order valence-corrected chi connectivity index (χ0v) is 12.3. The predicted octanol–water partition coefficient (Wildman–Crippen LogP) is 3.87. The normalized spacial score (nSPS) is 17.5. The lowest BCUT2D eigenvalue weighted by Gasteiger charge is -2.23. The standard InChI is InChI=1S/C15H18F2N2S/c1-15(10-18,19-12-4-5-12)7-2-8-20-14-9-11(16)3-6-13(14)17/h3,6,9,12,19H,2,4-5,7-8H2,1H3. The predicted molar refractivity (Wildman–Crippen MR) is 76.5 cm³/mol. The first-order chi connectivity index (χ1) is 9.52. The molecule has 0 spiro atoms. The summed E-state index contributed by atoms with van der Waals surface area (Å²) in [5, 5.41) is 12.6. The van der Waals surface area contributed by atoms with Gasteiger partial charge in [-0.25, -0.2) is 8.78 Å². The van der Waals surface area contributed by atoms with Crippen molar-refractivity contribution in [1.29, 1.82) is 5.26 Å². The Kier molecular flexibility index (Phi) is 5.00. The zero-order valence-electron chi connectivity index (χ0n) is 11.5. The molecule has 0 heterocycles. The van der Waals surface area contributed by atoms with Crippen LogP contribution < -0.4 is 5.32 Å². The summed E-state index contributed by atoms with van der Waals surface area (Å²) >= 11 is 1.29. The third-order valence-electron chi connectivity index (χ3n) is 3.32. The third kappa shape index (κ3) is 4.46. The number of benzene rings is 1. The number of hydrogen-bond acceptors (Lipinski definition) is 3. The van der Waals surface area contributed by atoms with E-state index in [1.54, 1.807) is 0 Å². The molecule has 2 nitrogen and oxygen atoms in total. The van der Waals surface area contributed by atoms with E-state index in [-0.39, 0.29) is 0 Å². The maximum Gasteiger partial charge on any atom is 0.136 e. The average Bonchev–Trinajstić information content (AvgIpc) is 3.22. The lowest BCUT2D eigenvalue weighted by Crippen LogP contribution is -2.42. The number of rotatable bonds is 7. The quantitative estimate of drug-likeness (QED) is 0.613. The van der Waals surface area contributed by atoms with Gasteiger partial charge in [-0.2, -0.15) is 5.26 Å². The Hall–Kier alpha value is -1.12. The first kappa shape index (κ1) is 15.3. The highest BCUT2D eigenvalue weighted by Crippen LogP contribution is 2.27. The molecule has 108 valence electrons. The number of thioether (sulfide) groups is 1. The van der Waals surface area contributed by atoms with E-state index >= 15 is 0 Å². The van der Waals surface area contributed by atoms with Crippen LogP contribution in [0, 0.1) is 23.0 Å². The molecule has 0 amide bonds. The van der Waals surface area contributed by atoms with Gasteiger partial charge in [-0.05, 0) is 56.6 Å². The minimum Gasteiger partial charge on any atom is -0.297 e. The fourth-order valence-corrected chi connectivity index (χ4v) is 2.94. The van der Waals surface area contributed by atoms with E-state index < -0.39 is 17.2 Å². The molecule has 5 heteroatoms. The Morgan fingerprint density at radius 3 is 2.85 bits per heavy atom. The van der Waals surface area contributed by atoms with E-state index in [0.29, 0.717) is 23.1 Å². The van der Waals surface area contributed by atoms with Crippen molar-refractivity contribution in [2.24, 2.45) is 0 Å². The van der Waals surface area contributed by atoms with Gasteiger partial charge in [-0.3, -0.25) is 5.32 Å². The van der Waals surface area contributed by atoms with Crippen LogP contribution in [0.3, 0.4) is 0 Å². The summed E-state index contributed by atoms with van der Waals surface area (Å²) in [4.78, 5) is 0.332. The Bertz CT molecular complexity index is 511. The van der Waals surface area contributed by atoms with Gasteiger partial charge in [0.2, 0.25) is 0 Å². The van der Waals surface area contributed by atoms with Gasteiger partial charge in [0.05, 0.1) is 6.07 Å². The second-order valence-corrected chi connectivity index (χ2v) is 6.53. The summed E-state index contributed by atoms with van der Waals surface area (Å²) in [5.41, 5.74) is -0.512. The van der Waals surface area contributed by atoms with Crippen molar-refractivity contribution in [3.8, 4) is 6.07 Å². The topological polar surface area (TPSA) is 35.8 Å². The molecule has 0 aromatic heterocycles. The Balaban J connectivity index is 1.77. The fraction of sp³-hybridized carbons (Fsp3) is 0.533. The monoisotopic (exact) mass is 296 g/mol. The molecule has 2 rings (SSSR count). The molecular formula is C15H18F2N2S. The molecule has 0 radical (unpaired) electrons. The van der Waals surface area contributed by atoms with Crippen molar-refractivity contribution in [3.05, 3.63) is 29.8 Å². The van der Waals surface area contributed by atoms with Crippen LogP contribution >= 0.6 is 11.8 Å². The van der Waals surface area contributed by atoms with Crippen molar-refractivity contribution in [1.82, 2.24) is 5.32 Å². The van der Waals surface area contributed by atoms with Gasteiger partial charge in [-0.15, -0.1) is 11.8 Å². The molecule has 20 heavy (non-hydrogen) atoms. The van der Waals surface area contributed by atoms with Crippen LogP contribution in [-0.4, -0.2) is 17.3 Å². The van der Waals surface area contributed by atoms with Crippen LogP contribution in [-0.2, 0) is 0 Å². The highest BCUT2D eigenvalue weighted by Gasteiger charge is 2.31. The molecule has 1 aliphatic carbocycles. The van der Waals surface area contributed by atoms with Crippen molar-refractivity contribution < 1.29 is 8.78 Å². The van der Waals surface area contributed by atoms with E-state index in [1.165, 1.54) is 17.8 Å². The molecule has 1 aliphatic rings. The maximum atomic E-state index is 13.4. The average molecular weight is 296 g/mol. The first-order valence-corrected chi connectivity index (χ1v) is 7.78. The van der Waals surface area contributed by atoms with Gasteiger partial charge in [0.25, 0.3) is 0 Å². The zero-order chi connectivity index (χ0) is 14.6. The van der Waals surface area contributed by atoms with Crippen LogP contribution in [0.1, 0.15) is 32.6 Å². The molecule has 1 N–H and O–H groups in total. The first-order valence-electron chi connectivity index (χ1n) is 6.79. The Labute approximate surface area is 122 Å². The van der Waals surface area contributed by atoms with E-state index in [1.807, 2.05) is 6.92 Å². The molecule has 0 aliphatic heterocycles. The van der Waals surface area contributed by atoms with E-state index in [0.717, 1.165) is 31.4 Å². The summed E-state index contributed by atoms with van der Waals surface area (Å²) in [6, 6.07) is 6.27. The van der Waals surface area contributed by atoms with Gasteiger partial charge in [0.15, 0.2) is 0 Å². The second-order valence-electron chi connectivity index (χ2n) is 5.39. The third-order valence-corrected chi connectivity index (χ3v) is 4.44. The smallest absolute Gasteiger partial charge is 0.136 e. The number of nitrogens with zero attached hydrogens (tertiary/aromatic N) is 1. The van der Waals surface area contributed by atoms with Crippen LogP contribution in [0.4, 0.5) is 8.78 Å². The van der Waals surface area contributed by atoms with Gasteiger partial charge in [-0.1, -0.05) is 0 Å². The molecule has 0 saturated heterocycles. The number of nitriles is 1. The van der Waals surface area contributed by atoms with Gasteiger partial charge in [0, 0.05) is 10.9 Å². The molecule has 1 fully saturated rings. The van der Waals surface area contributed by atoms with E-state index in [9.17, 15) is 14.0 Å². The largest absolute Gasteiger partial charge is 0.297 e. The lowest BCUT2D eigenvalue weighted by atomic mass is 9.98. The van der Waals surface area contributed by atoms with Gasteiger partial charge in [0.1, 0.15) is 17.2 Å². The van der Waals surface area contributed by atoms with Crippen molar-refractivity contribution in [3.63, 3.8) is 0 Å². The Morgan fingerprint density at radius 2 is 2.20 bits per heavy atom. The van der Waals surface area contributed by atoms with Crippen molar-refractivity contribution >= 4 is 11.8 Å². The molecule has 1 aromatic rings. The van der Waals surface area contributed by atoms with Gasteiger partial charge >= 0.3 is 0 Å². The molecule has 1 atom stereocenters. The highest BCUT2D eigenvalue weighted by atomic mass is 32.2. The van der Waals surface area contributed by atoms with Crippen LogP contribution in [0.5, 0.6) is 0 Å². The molecule has 1 saturated carbocycles. The summed E-state index contributed by atoms with van der Waals surface area (Å²) in [7, 11) is 0. The number of hydrogen-bond donors (Lipinski definition) is 1. The second kappa shape index (κ2) is 6.55. The molecular weight excluding hydrogens is 278 g/mol. The fourth-order valence-electron chi connectivity index (χ4n) is 2.03. The summed E-state index contributed by atoms with van der Waals surface area (Å²) in [5.74, 6) is -0.147. The molecule has 0 bridgehead atoms. The molecule has 1 aromatic carbocycles. The highest BCUT2D eigenvalue weighted by molar-refractivity contribution is 7.99. The van der Waals surface area contributed by atoms with Crippen LogP contribution in [0.2, 0.25) is 0 Å². The summed E-state index contributed by atoms with van der Waals surface area (Å²) in [6.45, 7) is 1.90. The maximum absolute atomic E-state index is 13.4.